The Balaban J connectivity index is 2.19. The molecule has 92 valence electrons. The van der Waals surface area contributed by atoms with Crippen molar-refractivity contribution >= 4 is 16.0 Å². The van der Waals surface area contributed by atoms with Crippen LogP contribution >= 0.6 is 0 Å². The Labute approximate surface area is 99.8 Å². The zero-order chi connectivity index (χ0) is 12.5. The number of sulfonamides is 1. The summed E-state index contributed by atoms with van der Waals surface area (Å²) in [5.41, 5.74) is 0.976. The standard InChI is InChI=1S/C11H13NO4S/c1-8-2-4-9(5-3-8)17(14,15)12-10-6-7-16-11(10)13/h2-5,10,12H,6-7H2,1H3. The maximum Gasteiger partial charge on any atom is 0.324 e. The van der Waals surface area contributed by atoms with Crippen LogP contribution in [0.5, 0.6) is 0 Å². The van der Waals surface area contributed by atoms with E-state index in [1.807, 2.05) is 6.92 Å². The molecule has 6 heteroatoms. The maximum absolute atomic E-state index is 11.9. The number of aryl methyl sites for hydroxylation is 1. The molecule has 0 spiro atoms. The van der Waals surface area contributed by atoms with Gasteiger partial charge in [0.1, 0.15) is 6.04 Å². The number of nitrogens with one attached hydrogen (secondary N) is 1. The third-order valence-electron chi connectivity index (χ3n) is 2.56. The van der Waals surface area contributed by atoms with Crippen LogP contribution in [0.25, 0.3) is 0 Å². The zero-order valence-corrected chi connectivity index (χ0v) is 10.2. The number of hydrogen-bond acceptors (Lipinski definition) is 4. The summed E-state index contributed by atoms with van der Waals surface area (Å²) in [5, 5.41) is 0. The molecule has 0 aliphatic carbocycles. The smallest absolute Gasteiger partial charge is 0.324 e. The first-order chi connectivity index (χ1) is 7.99. The Morgan fingerprint density at radius 3 is 2.47 bits per heavy atom. The van der Waals surface area contributed by atoms with Crippen molar-refractivity contribution in [3.8, 4) is 0 Å². The van der Waals surface area contributed by atoms with Gasteiger partial charge in [-0.15, -0.1) is 0 Å². The second kappa shape index (κ2) is 4.46. The van der Waals surface area contributed by atoms with E-state index in [0.717, 1.165) is 5.56 Å². The van der Waals surface area contributed by atoms with E-state index >= 15 is 0 Å². The predicted octanol–water partition coefficient (Wildman–Crippen LogP) is 0.589. The van der Waals surface area contributed by atoms with Gasteiger partial charge in [-0.25, -0.2) is 8.42 Å². The van der Waals surface area contributed by atoms with Crippen molar-refractivity contribution in [3.63, 3.8) is 0 Å². The van der Waals surface area contributed by atoms with Crippen molar-refractivity contribution in [2.45, 2.75) is 24.3 Å². The Morgan fingerprint density at radius 1 is 1.29 bits per heavy atom. The van der Waals surface area contributed by atoms with Crippen molar-refractivity contribution in [2.75, 3.05) is 6.61 Å². The molecule has 1 unspecified atom stereocenters. The molecule has 0 aromatic heterocycles. The molecule has 1 N–H and O–H groups in total. The highest BCUT2D eigenvalue weighted by Crippen LogP contribution is 2.13. The number of ether oxygens (including phenoxy) is 1. The minimum atomic E-state index is -3.64. The molecule has 0 amide bonds. The number of carbonyl (C=O) groups excluding carboxylic acids is 1. The first kappa shape index (κ1) is 12.1. The maximum atomic E-state index is 11.9. The SMILES string of the molecule is Cc1ccc(S(=O)(=O)NC2CCOC2=O)cc1. The van der Waals surface area contributed by atoms with Gasteiger partial charge >= 0.3 is 5.97 Å². The number of esters is 1. The van der Waals surface area contributed by atoms with Gasteiger partial charge in [0.25, 0.3) is 0 Å². The summed E-state index contributed by atoms with van der Waals surface area (Å²) in [4.78, 5) is 11.3. The Hall–Kier alpha value is -1.40. The van der Waals surface area contributed by atoms with Crippen LogP contribution in [0.2, 0.25) is 0 Å². The number of cyclic esters (lactones) is 1. The van der Waals surface area contributed by atoms with Crippen molar-refractivity contribution in [1.29, 1.82) is 0 Å². The van der Waals surface area contributed by atoms with Gasteiger partial charge in [-0.2, -0.15) is 4.72 Å². The van der Waals surface area contributed by atoms with Gasteiger partial charge in [-0.3, -0.25) is 4.79 Å². The second-order valence-electron chi connectivity index (χ2n) is 3.94. The molecule has 17 heavy (non-hydrogen) atoms. The summed E-state index contributed by atoms with van der Waals surface area (Å²) in [6.07, 6.45) is 0.379. The number of hydrogen-bond donors (Lipinski definition) is 1. The molecule has 5 nitrogen and oxygen atoms in total. The van der Waals surface area contributed by atoms with Gasteiger partial charge in [0, 0.05) is 6.42 Å². The molecular formula is C11H13NO4S. The van der Waals surface area contributed by atoms with Gasteiger partial charge in [0.05, 0.1) is 11.5 Å². The average molecular weight is 255 g/mol. The molecule has 1 aromatic carbocycles. The van der Waals surface area contributed by atoms with Crippen molar-refractivity contribution in [2.24, 2.45) is 0 Å². The molecule has 1 aliphatic heterocycles. The van der Waals surface area contributed by atoms with Crippen LogP contribution < -0.4 is 4.72 Å². The van der Waals surface area contributed by atoms with Crippen LogP contribution in [0.1, 0.15) is 12.0 Å². The fourth-order valence-corrected chi connectivity index (χ4v) is 2.79. The van der Waals surface area contributed by atoms with Gasteiger partial charge in [0.2, 0.25) is 10.0 Å². The monoisotopic (exact) mass is 255 g/mol. The summed E-state index contributed by atoms with van der Waals surface area (Å²) in [5.74, 6) is -0.513. The summed E-state index contributed by atoms with van der Waals surface area (Å²) < 4.78 is 30.9. The van der Waals surface area contributed by atoms with Gasteiger partial charge in [0.15, 0.2) is 0 Å². The van der Waals surface area contributed by atoms with Crippen LogP contribution in [0.15, 0.2) is 29.2 Å². The van der Waals surface area contributed by atoms with E-state index in [1.165, 1.54) is 12.1 Å². The number of carbonyl (C=O) groups is 1. The highest BCUT2D eigenvalue weighted by Gasteiger charge is 2.31. The molecule has 0 saturated carbocycles. The highest BCUT2D eigenvalue weighted by molar-refractivity contribution is 7.89. The second-order valence-corrected chi connectivity index (χ2v) is 5.66. The van der Waals surface area contributed by atoms with E-state index < -0.39 is 22.0 Å². The van der Waals surface area contributed by atoms with Crippen LogP contribution in [0.4, 0.5) is 0 Å². The number of benzene rings is 1. The molecular weight excluding hydrogens is 242 g/mol. The molecule has 0 radical (unpaired) electrons. The minimum Gasteiger partial charge on any atom is -0.464 e. The van der Waals surface area contributed by atoms with E-state index in [-0.39, 0.29) is 11.5 Å². The first-order valence-corrected chi connectivity index (χ1v) is 6.73. The Kier molecular flexibility index (Phi) is 3.17. The third kappa shape index (κ3) is 2.65. The molecule has 1 fully saturated rings. The van der Waals surface area contributed by atoms with Crippen molar-refractivity contribution in [3.05, 3.63) is 29.8 Å². The van der Waals surface area contributed by atoms with Crippen molar-refractivity contribution in [1.82, 2.24) is 4.72 Å². The normalized spacial score (nSPS) is 20.3. The van der Waals surface area contributed by atoms with Crippen LogP contribution in [0, 0.1) is 6.92 Å². The Bertz CT molecular complexity index is 521. The first-order valence-electron chi connectivity index (χ1n) is 5.25. The third-order valence-corrected chi connectivity index (χ3v) is 4.05. The predicted molar refractivity (Wildman–Crippen MR) is 60.9 cm³/mol. The van der Waals surface area contributed by atoms with E-state index in [0.29, 0.717) is 6.42 Å². The lowest BCUT2D eigenvalue weighted by Gasteiger charge is -2.09. The van der Waals surface area contributed by atoms with E-state index in [9.17, 15) is 13.2 Å². The van der Waals surface area contributed by atoms with E-state index in [4.69, 9.17) is 4.74 Å². The largest absolute Gasteiger partial charge is 0.464 e. The lowest BCUT2D eigenvalue weighted by atomic mass is 10.2. The quantitative estimate of drug-likeness (QED) is 0.802. The molecule has 1 aromatic rings. The van der Waals surface area contributed by atoms with Crippen LogP contribution in [-0.2, 0) is 19.6 Å². The molecule has 1 saturated heterocycles. The summed E-state index contributed by atoms with van der Waals surface area (Å²) >= 11 is 0. The summed E-state index contributed by atoms with van der Waals surface area (Å²) in [7, 11) is -3.64. The molecule has 2 rings (SSSR count). The lowest BCUT2D eigenvalue weighted by Crippen LogP contribution is -2.37. The topological polar surface area (TPSA) is 72.5 Å². The van der Waals surface area contributed by atoms with Gasteiger partial charge < -0.3 is 4.74 Å². The minimum absolute atomic E-state index is 0.155. The fraction of sp³-hybridized carbons (Fsp3) is 0.364. The zero-order valence-electron chi connectivity index (χ0n) is 9.34. The van der Waals surface area contributed by atoms with E-state index in [2.05, 4.69) is 4.72 Å². The van der Waals surface area contributed by atoms with E-state index in [1.54, 1.807) is 12.1 Å². The lowest BCUT2D eigenvalue weighted by molar-refractivity contribution is -0.139. The van der Waals surface area contributed by atoms with Gasteiger partial charge in [-0.05, 0) is 19.1 Å². The summed E-state index contributed by atoms with van der Waals surface area (Å²) in [6, 6.07) is 5.68. The average Bonchev–Trinajstić information content (AvgIpc) is 2.64. The molecule has 0 bridgehead atoms. The summed E-state index contributed by atoms with van der Waals surface area (Å²) in [6.45, 7) is 2.14. The van der Waals surface area contributed by atoms with Crippen LogP contribution in [-0.4, -0.2) is 27.0 Å². The van der Waals surface area contributed by atoms with Gasteiger partial charge in [-0.1, -0.05) is 17.7 Å². The molecule has 1 aliphatic rings. The molecule has 1 heterocycles. The molecule has 1 atom stereocenters. The van der Waals surface area contributed by atoms with Crippen molar-refractivity contribution < 1.29 is 17.9 Å². The van der Waals surface area contributed by atoms with Crippen LogP contribution in [0.3, 0.4) is 0 Å². The fourth-order valence-electron chi connectivity index (χ4n) is 1.58. The highest BCUT2D eigenvalue weighted by atomic mass is 32.2. The Morgan fingerprint density at radius 2 is 1.94 bits per heavy atom. The number of rotatable bonds is 3.